The molecule has 0 radical (unpaired) electrons. The van der Waals surface area contributed by atoms with Crippen LogP contribution in [0.3, 0.4) is 0 Å². The van der Waals surface area contributed by atoms with Crippen molar-refractivity contribution in [3.63, 3.8) is 0 Å². The molecule has 0 saturated carbocycles. The highest BCUT2D eigenvalue weighted by atomic mass is 79.9. The fourth-order valence-corrected chi connectivity index (χ4v) is 3.07. The number of anilines is 2. The van der Waals surface area contributed by atoms with Crippen molar-refractivity contribution in [3.8, 4) is 0 Å². The van der Waals surface area contributed by atoms with Crippen LogP contribution in [0, 0.1) is 13.8 Å². The standard InChI is InChI=1S/C15H14Br2N2S/c1-9-3-5-12(7-10(9)2)18-15(20)19-14-6-4-11(16)8-13(14)17/h3-8H,1-2H3,(H2,18,19,20). The molecule has 0 bridgehead atoms. The van der Waals surface area contributed by atoms with Gasteiger partial charge in [-0.05, 0) is 83.5 Å². The van der Waals surface area contributed by atoms with Crippen LogP contribution >= 0.6 is 44.1 Å². The van der Waals surface area contributed by atoms with Crippen molar-refractivity contribution in [2.45, 2.75) is 13.8 Å². The van der Waals surface area contributed by atoms with Crippen LogP contribution in [0.1, 0.15) is 11.1 Å². The molecule has 0 aromatic heterocycles. The zero-order chi connectivity index (χ0) is 14.7. The third-order valence-corrected chi connectivity index (χ3v) is 4.30. The molecule has 2 nitrogen and oxygen atoms in total. The second kappa shape index (κ2) is 6.70. The number of nitrogens with one attached hydrogen (secondary N) is 2. The third kappa shape index (κ3) is 4.04. The minimum absolute atomic E-state index is 0.566. The summed E-state index contributed by atoms with van der Waals surface area (Å²) >= 11 is 12.3. The lowest BCUT2D eigenvalue weighted by molar-refractivity contribution is 1.34. The zero-order valence-corrected chi connectivity index (χ0v) is 15.1. The fraction of sp³-hybridized carbons (Fsp3) is 0.133. The molecule has 0 heterocycles. The summed E-state index contributed by atoms with van der Waals surface area (Å²) in [5.41, 5.74) is 4.42. The largest absolute Gasteiger partial charge is 0.332 e. The van der Waals surface area contributed by atoms with E-state index in [2.05, 4.69) is 68.5 Å². The van der Waals surface area contributed by atoms with Gasteiger partial charge in [-0.25, -0.2) is 0 Å². The molecule has 5 heteroatoms. The SMILES string of the molecule is Cc1ccc(NC(=S)Nc2ccc(Br)cc2Br)cc1C. The molecule has 0 aliphatic heterocycles. The lowest BCUT2D eigenvalue weighted by Gasteiger charge is -2.13. The van der Waals surface area contributed by atoms with Crippen LogP contribution in [0.15, 0.2) is 45.3 Å². The van der Waals surface area contributed by atoms with Gasteiger partial charge in [0.2, 0.25) is 0 Å². The Morgan fingerprint density at radius 3 is 2.35 bits per heavy atom. The van der Waals surface area contributed by atoms with Crippen molar-refractivity contribution in [3.05, 3.63) is 56.5 Å². The van der Waals surface area contributed by atoms with Crippen molar-refractivity contribution in [2.75, 3.05) is 10.6 Å². The van der Waals surface area contributed by atoms with Gasteiger partial charge in [0.25, 0.3) is 0 Å². The maximum absolute atomic E-state index is 5.33. The van der Waals surface area contributed by atoms with Gasteiger partial charge >= 0.3 is 0 Å². The Kier molecular flexibility index (Phi) is 5.18. The van der Waals surface area contributed by atoms with E-state index in [1.54, 1.807) is 0 Å². The first-order valence-electron chi connectivity index (χ1n) is 6.06. The molecular formula is C15H14Br2N2S. The predicted octanol–water partition coefficient (Wildman–Crippen LogP) is 5.64. The molecule has 20 heavy (non-hydrogen) atoms. The van der Waals surface area contributed by atoms with Gasteiger partial charge in [-0.3, -0.25) is 0 Å². The number of hydrogen-bond donors (Lipinski definition) is 2. The summed E-state index contributed by atoms with van der Waals surface area (Å²) in [6, 6.07) is 12.1. The maximum Gasteiger partial charge on any atom is 0.175 e. The van der Waals surface area contributed by atoms with Crippen molar-refractivity contribution in [2.24, 2.45) is 0 Å². The quantitative estimate of drug-likeness (QED) is 0.623. The van der Waals surface area contributed by atoms with Crippen molar-refractivity contribution >= 4 is 60.6 Å². The minimum atomic E-state index is 0.566. The number of rotatable bonds is 2. The van der Waals surface area contributed by atoms with Crippen LogP contribution < -0.4 is 10.6 Å². The molecule has 0 aliphatic carbocycles. The number of aryl methyl sites for hydroxylation is 2. The highest BCUT2D eigenvalue weighted by Gasteiger charge is 2.04. The van der Waals surface area contributed by atoms with Crippen LogP contribution in [0.4, 0.5) is 11.4 Å². The van der Waals surface area contributed by atoms with E-state index < -0.39 is 0 Å². The van der Waals surface area contributed by atoms with Crippen LogP contribution in [0.2, 0.25) is 0 Å². The third-order valence-electron chi connectivity index (χ3n) is 2.94. The van der Waals surface area contributed by atoms with Crippen molar-refractivity contribution in [1.29, 1.82) is 0 Å². The number of hydrogen-bond acceptors (Lipinski definition) is 1. The second-order valence-electron chi connectivity index (χ2n) is 4.50. The van der Waals surface area contributed by atoms with Crippen LogP contribution in [-0.4, -0.2) is 5.11 Å². The molecule has 0 aliphatic rings. The smallest absolute Gasteiger partial charge is 0.175 e. The zero-order valence-electron chi connectivity index (χ0n) is 11.1. The molecule has 0 fully saturated rings. The van der Waals surface area contributed by atoms with E-state index in [-0.39, 0.29) is 0 Å². The minimum Gasteiger partial charge on any atom is -0.332 e. The van der Waals surface area contributed by atoms with E-state index in [1.165, 1.54) is 11.1 Å². The molecule has 0 unspecified atom stereocenters. The predicted molar refractivity (Wildman–Crippen MR) is 97.6 cm³/mol. The molecular weight excluding hydrogens is 400 g/mol. The molecule has 2 N–H and O–H groups in total. The van der Waals surface area contributed by atoms with Gasteiger partial charge in [0.1, 0.15) is 0 Å². The topological polar surface area (TPSA) is 24.1 Å². The molecule has 104 valence electrons. The van der Waals surface area contributed by atoms with Gasteiger partial charge in [0, 0.05) is 14.6 Å². The molecule has 0 amide bonds. The maximum atomic E-state index is 5.33. The molecule has 0 atom stereocenters. The van der Waals surface area contributed by atoms with Crippen LogP contribution in [0.25, 0.3) is 0 Å². The summed E-state index contributed by atoms with van der Waals surface area (Å²) in [4.78, 5) is 0. The van der Waals surface area contributed by atoms with Gasteiger partial charge in [0.05, 0.1) is 5.69 Å². The number of thiocarbonyl (C=S) groups is 1. The lowest BCUT2D eigenvalue weighted by Crippen LogP contribution is -2.19. The van der Waals surface area contributed by atoms with E-state index in [0.717, 1.165) is 20.3 Å². The summed E-state index contributed by atoms with van der Waals surface area (Å²) in [6.45, 7) is 4.18. The summed E-state index contributed by atoms with van der Waals surface area (Å²) in [7, 11) is 0. The Morgan fingerprint density at radius 1 is 0.950 bits per heavy atom. The Morgan fingerprint density at radius 2 is 1.70 bits per heavy atom. The van der Waals surface area contributed by atoms with Gasteiger partial charge in [0.15, 0.2) is 5.11 Å². The molecule has 0 saturated heterocycles. The summed E-state index contributed by atoms with van der Waals surface area (Å²) in [6.07, 6.45) is 0. The normalized spacial score (nSPS) is 10.2. The molecule has 0 spiro atoms. The monoisotopic (exact) mass is 412 g/mol. The van der Waals surface area contributed by atoms with Gasteiger partial charge in [-0.15, -0.1) is 0 Å². The van der Waals surface area contributed by atoms with Crippen LogP contribution in [-0.2, 0) is 0 Å². The molecule has 2 aromatic carbocycles. The average molecular weight is 414 g/mol. The van der Waals surface area contributed by atoms with Crippen LogP contribution in [0.5, 0.6) is 0 Å². The first-order valence-corrected chi connectivity index (χ1v) is 8.05. The van der Waals surface area contributed by atoms with E-state index in [0.29, 0.717) is 5.11 Å². The second-order valence-corrected chi connectivity index (χ2v) is 6.68. The van der Waals surface area contributed by atoms with Crippen molar-refractivity contribution in [1.82, 2.24) is 0 Å². The highest BCUT2D eigenvalue weighted by molar-refractivity contribution is 9.11. The Balaban J connectivity index is 2.07. The van der Waals surface area contributed by atoms with E-state index in [4.69, 9.17) is 12.2 Å². The average Bonchev–Trinajstić information content (AvgIpc) is 2.37. The first kappa shape index (κ1) is 15.5. The summed E-state index contributed by atoms with van der Waals surface area (Å²) < 4.78 is 1.97. The first-order chi connectivity index (χ1) is 9.45. The molecule has 2 rings (SSSR count). The van der Waals surface area contributed by atoms with E-state index >= 15 is 0 Å². The highest BCUT2D eigenvalue weighted by Crippen LogP contribution is 2.26. The van der Waals surface area contributed by atoms with Gasteiger partial charge < -0.3 is 10.6 Å². The van der Waals surface area contributed by atoms with Gasteiger partial charge in [-0.1, -0.05) is 22.0 Å². The molecule has 2 aromatic rings. The van der Waals surface area contributed by atoms with E-state index in [1.807, 2.05) is 24.3 Å². The summed E-state index contributed by atoms with van der Waals surface area (Å²) in [5, 5.41) is 6.93. The van der Waals surface area contributed by atoms with Gasteiger partial charge in [-0.2, -0.15) is 0 Å². The van der Waals surface area contributed by atoms with Crippen molar-refractivity contribution < 1.29 is 0 Å². The lowest BCUT2D eigenvalue weighted by atomic mass is 10.1. The Bertz CT molecular complexity index is 656. The fourth-order valence-electron chi connectivity index (χ4n) is 1.69. The Hall–Kier alpha value is -0.910. The summed E-state index contributed by atoms with van der Waals surface area (Å²) in [5.74, 6) is 0. The number of halogens is 2. The number of benzene rings is 2. The van der Waals surface area contributed by atoms with E-state index in [9.17, 15) is 0 Å². The Labute approximate surface area is 141 Å².